The predicted molar refractivity (Wildman–Crippen MR) is 164 cm³/mol. The second-order valence-electron chi connectivity index (χ2n) is 13.8. The van der Waals surface area contributed by atoms with Crippen LogP contribution in [0, 0.1) is 17.7 Å². The summed E-state index contributed by atoms with van der Waals surface area (Å²) in [6.07, 6.45) is 7.13. The number of aromatic nitrogens is 1. The minimum absolute atomic E-state index is 0.00869. The second kappa shape index (κ2) is 12.5. The molecular formula is C32H45FN4O4S. The molecule has 1 aromatic carbocycles. The van der Waals surface area contributed by atoms with E-state index >= 15 is 4.39 Å². The molecular weight excluding hydrogens is 555 g/mol. The molecule has 4 atom stereocenters. The Morgan fingerprint density at radius 1 is 1.10 bits per heavy atom. The summed E-state index contributed by atoms with van der Waals surface area (Å²) in [5, 5.41) is 2.77. The van der Waals surface area contributed by atoms with Gasteiger partial charge in [-0.3, -0.25) is 14.7 Å². The summed E-state index contributed by atoms with van der Waals surface area (Å²) in [6, 6.07) is 7.64. The van der Waals surface area contributed by atoms with Crippen molar-refractivity contribution in [3.05, 3.63) is 59.7 Å². The topological polar surface area (TPSA) is 107 Å². The highest BCUT2D eigenvalue weighted by Crippen LogP contribution is 2.43. The third-order valence-electron chi connectivity index (χ3n) is 7.78. The molecule has 2 aromatic rings. The summed E-state index contributed by atoms with van der Waals surface area (Å²) in [4.78, 5) is 32.1. The fraction of sp³-hybridized carbons (Fsp3) is 0.594. The fourth-order valence-electron chi connectivity index (χ4n) is 5.32. The maximum atomic E-state index is 15.3. The minimum atomic E-state index is -1.46. The van der Waals surface area contributed by atoms with Crippen LogP contribution >= 0.6 is 0 Å². The number of rotatable bonds is 9. The second-order valence-corrected chi connectivity index (χ2v) is 15.7. The van der Waals surface area contributed by atoms with Gasteiger partial charge in [-0.2, -0.15) is 0 Å². The van der Waals surface area contributed by atoms with Crippen molar-refractivity contribution in [3.63, 3.8) is 0 Å². The first-order chi connectivity index (χ1) is 19.6. The molecule has 2 fully saturated rings. The quantitative estimate of drug-likeness (QED) is 0.328. The number of amides is 2. The van der Waals surface area contributed by atoms with Gasteiger partial charge in [0, 0.05) is 30.3 Å². The largest absolute Gasteiger partial charge is 0.598 e. The van der Waals surface area contributed by atoms with Crippen LogP contribution in [0.25, 0.3) is 0 Å². The molecule has 2 unspecified atom stereocenters. The van der Waals surface area contributed by atoms with Crippen LogP contribution in [0.1, 0.15) is 91.7 Å². The molecule has 1 aromatic heterocycles. The van der Waals surface area contributed by atoms with E-state index in [4.69, 9.17) is 4.74 Å². The first-order valence-electron chi connectivity index (χ1n) is 14.8. The van der Waals surface area contributed by atoms with Gasteiger partial charge in [-0.05, 0) is 108 Å². The summed E-state index contributed by atoms with van der Waals surface area (Å²) in [6.45, 7) is 13.4. The Labute approximate surface area is 252 Å². The van der Waals surface area contributed by atoms with Gasteiger partial charge in [0.2, 0.25) is 5.91 Å². The number of carbonyl (C=O) groups excluding carboxylic acids is 2. The van der Waals surface area contributed by atoms with E-state index in [2.05, 4.69) is 15.0 Å². The first kappa shape index (κ1) is 32.2. The van der Waals surface area contributed by atoms with E-state index in [-0.39, 0.29) is 11.6 Å². The molecule has 0 bridgehead atoms. The van der Waals surface area contributed by atoms with Gasteiger partial charge in [-0.25, -0.2) is 9.18 Å². The molecule has 2 amide bonds. The van der Waals surface area contributed by atoms with Crippen molar-refractivity contribution in [2.24, 2.45) is 11.8 Å². The molecule has 42 heavy (non-hydrogen) atoms. The van der Waals surface area contributed by atoms with E-state index in [0.717, 1.165) is 24.8 Å². The maximum absolute atomic E-state index is 15.3. The van der Waals surface area contributed by atoms with Gasteiger partial charge in [0.25, 0.3) is 0 Å². The van der Waals surface area contributed by atoms with Gasteiger partial charge < -0.3 is 14.6 Å². The molecule has 1 saturated heterocycles. The van der Waals surface area contributed by atoms with Crippen LogP contribution < -0.4 is 10.0 Å². The smallest absolute Gasteiger partial charge is 0.410 e. The molecule has 0 spiro atoms. The van der Waals surface area contributed by atoms with E-state index in [1.54, 1.807) is 45.3 Å². The van der Waals surface area contributed by atoms with Crippen LogP contribution in [-0.2, 0) is 26.4 Å². The van der Waals surface area contributed by atoms with Crippen LogP contribution in [0.5, 0.6) is 0 Å². The number of nitrogens with one attached hydrogen (secondary N) is 2. The molecule has 1 aliphatic heterocycles. The van der Waals surface area contributed by atoms with Crippen molar-refractivity contribution >= 4 is 29.0 Å². The van der Waals surface area contributed by atoms with Crippen molar-refractivity contribution in [1.29, 1.82) is 0 Å². The van der Waals surface area contributed by atoms with Crippen LogP contribution in [0.3, 0.4) is 0 Å². The fourth-order valence-corrected chi connectivity index (χ4v) is 6.28. The Balaban J connectivity index is 1.70. The third kappa shape index (κ3) is 7.82. The number of benzene rings is 1. The maximum Gasteiger partial charge on any atom is 0.410 e. The molecule has 0 radical (unpaired) electrons. The number of hydrogen-bond donors (Lipinski definition) is 2. The third-order valence-corrected chi connectivity index (χ3v) is 9.42. The summed E-state index contributed by atoms with van der Waals surface area (Å²) in [7, 11) is 0. The molecule has 2 heterocycles. The minimum Gasteiger partial charge on any atom is -0.598 e. The number of halogens is 1. The Morgan fingerprint density at radius 3 is 2.36 bits per heavy atom. The molecule has 230 valence electrons. The molecule has 1 aliphatic carbocycles. The summed E-state index contributed by atoms with van der Waals surface area (Å²) >= 11 is -1.46. The van der Waals surface area contributed by atoms with Crippen molar-refractivity contribution < 1.29 is 23.3 Å². The van der Waals surface area contributed by atoms with E-state index in [1.807, 2.05) is 39.8 Å². The van der Waals surface area contributed by atoms with Crippen molar-refractivity contribution in [1.82, 2.24) is 14.6 Å². The van der Waals surface area contributed by atoms with E-state index < -0.39 is 51.1 Å². The number of anilines is 1. The average molecular weight is 601 g/mol. The van der Waals surface area contributed by atoms with E-state index in [0.29, 0.717) is 30.9 Å². The monoisotopic (exact) mass is 600 g/mol. The number of ether oxygens (including phenoxy) is 1. The van der Waals surface area contributed by atoms with E-state index in [9.17, 15) is 14.1 Å². The molecule has 8 nitrogen and oxygen atoms in total. The first-order valence-corrected chi connectivity index (χ1v) is 15.9. The Kier molecular flexibility index (Phi) is 9.59. The lowest BCUT2D eigenvalue weighted by Gasteiger charge is -2.39. The van der Waals surface area contributed by atoms with Crippen molar-refractivity contribution in [2.75, 3.05) is 11.9 Å². The van der Waals surface area contributed by atoms with Gasteiger partial charge in [0.1, 0.15) is 27.7 Å². The normalized spacial score (nSPS) is 21.5. The highest BCUT2D eigenvalue weighted by molar-refractivity contribution is 7.90. The zero-order valence-corrected chi connectivity index (χ0v) is 26.6. The molecule has 2 aliphatic rings. The molecule has 10 heteroatoms. The number of carbonyl (C=O) groups is 2. The van der Waals surface area contributed by atoms with Gasteiger partial charge in [-0.15, -0.1) is 4.72 Å². The summed E-state index contributed by atoms with van der Waals surface area (Å²) < 4.78 is 37.4. The molecule has 1 saturated carbocycles. The van der Waals surface area contributed by atoms with Crippen LogP contribution in [0.2, 0.25) is 0 Å². The van der Waals surface area contributed by atoms with Gasteiger partial charge in [-0.1, -0.05) is 25.8 Å². The van der Waals surface area contributed by atoms with Crippen LogP contribution in [-0.4, -0.2) is 49.4 Å². The summed E-state index contributed by atoms with van der Waals surface area (Å²) in [5.74, 6) is -0.383. The predicted octanol–water partition coefficient (Wildman–Crippen LogP) is 6.29. The molecule has 4 rings (SSSR count). The lowest BCUT2D eigenvalue weighted by Crippen LogP contribution is -2.52. The number of nitrogens with zero attached hydrogens (tertiary/aromatic N) is 2. The standard InChI is InChI=1S/C32H45FN4O4S/c1-21-18-27(37(20-21)29(39)41-30(2,3)4)28(38)35-26-19-24(10-11-25(26)33)32(15-12-22-8-9-22,23-13-16-34-17-14-23)36-42(40)31(5,6)7/h10-11,13-14,16-17,19,21-22,27,36H,8-9,12,15,18,20H2,1-7H3,(H,35,38)/t21-,27+,32?,42?/m0/s1. The number of hydrogen-bond acceptors (Lipinski definition) is 6. The Bertz CT molecular complexity index is 1260. The average Bonchev–Trinajstić information content (AvgIpc) is 3.65. The van der Waals surface area contributed by atoms with Crippen molar-refractivity contribution in [3.8, 4) is 0 Å². The lowest BCUT2D eigenvalue weighted by atomic mass is 9.79. The molecule has 2 N–H and O–H groups in total. The SMILES string of the molecule is C[C@H]1C[C@H](C(=O)Nc2cc(C(CCC3CC3)(N[S+]([O-])C(C)(C)C)c3ccncc3)ccc2F)N(C(=O)OC(C)(C)C)C1. The summed E-state index contributed by atoms with van der Waals surface area (Å²) in [5.41, 5.74) is -0.0649. The zero-order valence-electron chi connectivity index (χ0n) is 25.8. The number of likely N-dealkylation sites (tertiary alicyclic amines) is 1. The van der Waals surface area contributed by atoms with Crippen molar-refractivity contribution in [2.45, 2.75) is 102 Å². The van der Waals surface area contributed by atoms with E-state index in [1.165, 1.54) is 11.0 Å². The van der Waals surface area contributed by atoms with Gasteiger partial charge in [0.05, 0.1) is 5.69 Å². The Morgan fingerprint density at radius 2 is 1.76 bits per heavy atom. The highest BCUT2D eigenvalue weighted by Gasteiger charge is 2.44. The highest BCUT2D eigenvalue weighted by atomic mass is 32.2. The Hall–Kier alpha value is -2.69. The zero-order chi connectivity index (χ0) is 30.9. The van der Waals surface area contributed by atoms with Crippen LogP contribution in [0.15, 0.2) is 42.7 Å². The van der Waals surface area contributed by atoms with Gasteiger partial charge in [0.15, 0.2) is 0 Å². The van der Waals surface area contributed by atoms with Crippen LogP contribution in [0.4, 0.5) is 14.9 Å². The lowest BCUT2D eigenvalue weighted by molar-refractivity contribution is -0.120. The van der Waals surface area contributed by atoms with Gasteiger partial charge >= 0.3 is 6.09 Å². The number of pyridine rings is 1.